The number of benzene rings is 2. The molecule has 0 aliphatic rings. The van der Waals surface area contributed by atoms with Crippen molar-refractivity contribution in [3.63, 3.8) is 0 Å². The highest BCUT2D eigenvalue weighted by Gasteiger charge is 2.31. The molecule has 0 aliphatic heterocycles. The minimum atomic E-state index is -4.60. The van der Waals surface area contributed by atoms with E-state index < -0.39 is 29.7 Å². The average molecular weight is 426 g/mol. The molecule has 0 spiro atoms. The molecule has 0 saturated heterocycles. The monoisotopic (exact) mass is 425 g/mol. The van der Waals surface area contributed by atoms with Crippen molar-refractivity contribution in [2.45, 2.75) is 26.4 Å². The first kappa shape index (κ1) is 20.7. The standard InChI is InChI=1S/C20H15ClF3NO4/c1-9-5-15(26)18-10(2)12(19(28)29-16(18)6-9)8-17(27)25-14-7-11(20(22,23)24)3-4-13(14)21/h3-7,26H,8H2,1-2H3,(H,25,27). The summed E-state index contributed by atoms with van der Waals surface area (Å²) in [6.45, 7) is 3.27. The molecule has 0 fully saturated rings. The van der Waals surface area contributed by atoms with E-state index in [1.165, 1.54) is 6.07 Å². The van der Waals surface area contributed by atoms with E-state index in [0.717, 1.165) is 12.1 Å². The fourth-order valence-electron chi connectivity index (χ4n) is 3.01. The lowest BCUT2D eigenvalue weighted by Crippen LogP contribution is -2.21. The molecule has 3 rings (SSSR count). The summed E-state index contributed by atoms with van der Waals surface area (Å²) in [5, 5.41) is 12.7. The first-order valence-corrected chi connectivity index (χ1v) is 8.77. The third kappa shape index (κ3) is 4.22. The Balaban J connectivity index is 1.94. The van der Waals surface area contributed by atoms with Crippen molar-refractivity contribution in [3.05, 3.63) is 68.0 Å². The van der Waals surface area contributed by atoms with E-state index in [1.807, 2.05) is 0 Å². The largest absolute Gasteiger partial charge is 0.507 e. The van der Waals surface area contributed by atoms with Crippen LogP contribution in [-0.4, -0.2) is 11.0 Å². The number of hydrogen-bond acceptors (Lipinski definition) is 4. The van der Waals surface area contributed by atoms with Crippen LogP contribution in [0.1, 0.15) is 22.3 Å². The maximum absolute atomic E-state index is 12.9. The van der Waals surface area contributed by atoms with E-state index in [0.29, 0.717) is 17.2 Å². The van der Waals surface area contributed by atoms with Crippen LogP contribution < -0.4 is 10.9 Å². The summed E-state index contributed by atoms with van der Waals surface area (Å²) < 4.78 is 43.8. The highest BCUT2D eigenvalue weighted by Crippen LogP contribution is 2.34. The van der Waals surface area contributed by atoms with Crippen LogP contribution in [0.25, 0.3) is 11.0 Å². The van der Waals surface area contributed by atoms with Crippen LogP contribution in [0, 0.1) is 13.8 Å². The van der Waals surface area contributed by atoms with Gasteiger partial charge in [-0.05, 0) is 55.3 Å². The summed E-state index contributed by atoms with van der Waals surface area (Å²) in [5.41, 5.74) is -0.787. The Morgan fingerprint density at radius 2 is 1.90 bits per heavy atom. The van der Waals surface area contributed by atoms with Crippen molar-refractivity contribution in [1.29, 1.82) is 0 Å². The van der Waals surface area contributed by atoms with Gasteiger partial charge in [0.1, 0.15) is 11.3 Å². The smallest absolute Gasteiger partial charge is 0.416 e. The van der Waals surface area contributed by atoms with Crippen molar-refractivity contribution in [2.75, 3.05) is 5.32 Å². The zero-order valence-corrected chi connectivity index (χ0v) is 16.0. The van der Waals surface area contributed by atoms with E-state index in [2.05, 4.69) is 5.32 Å². The maximum Gasteiger partial charge on any atom is 0.416 e. The van der Waals surface area contributed by atoms with Gasteiger partial charge in [-0.25, -0.2) is 4.79 Å². The number of carbonyl (C=O) groups is 1. The normalized spacial score (nSPS) is 11.7. The first-order chi connectivity index (χ1) is 13.5. The van der Waals surface area contributed by atoms with Gasteiger partial charge in [0.25, 0.3) is 0 Å². The quantitative estimate of drug-likeness (QED) is 0.581. The van der Waals surface area contributed by atoms with Crippen LogP contribution in [0.2, 0.25) is 5.02 Å². The SMILES string of the molecule is Cc1cc(O)c2c(C)c(CC(=O)Nc3cc(C(F)(F)F)ccc3Cl)c(=O)oc2c1. The van der Waals surface area contributed by atoms with Crippen LogP contribution in [0.5, 0.6) is 5.75 Å². The Labute approximate surface area is 167 Å². The van der Waals surface area contributed by atoms with Gasteiger partial charge in [-0.3, -0.25) is 4.79 Å². The van der Waals surface area contributed by atoms with E-state index >= 15 is 0 Å². The fourth-order valence-corrected chi connectivity index (χ4v) is 3.18. The Hall–Kier alpha value is -3.00. The molecule has 152 valence electrons. The van der Waals surface area contributed by atoms with E-state index in [1.54, 1.807) is 19.9 Å². The number of hydrogen-bond donors (Lipinski definition) is 2. The van der Waals surface area contributed by atoms with Crippen LogP contribution >= 0.6 is 11.6 Å². The Morgan fingerprint density at radius 3 is 2.55 bits per heavy atom. The summed E-state index contributed by atoms with van der Waals surface area (Å²) >= 11 is 5.87. The number of alkyl halides is 3. The second-order valence-electron chi connectivity index (χ2n) is 6.57. The highest BCUT2D eigenvalue weighted by atomic mass is 35.5. The molecule has 0 aliphatic carbocycles. The second-order valence-corrected chi connectivity index (χ2v) is 6.97. The molecule has 29 heavy (non-hydrogen) atoms. The van der Waals surface area contributed by atoms with E-state index in [-0.39, 0.29) is 33.0 Å². The number of carbonyl (C=O) groups excluding carboxylic acids is 1. The number of aromatic hydroxyl groups is 1. The number of rotatable bonds is 3. The molecule has 0 unspecified atom stereocenters. The predicted molar refractivity (Wildman–Crippen MR) is 102 cm³/mol. The molecule has 2 N–H and O–H groups in total. The van der Waals surface area contributed by atoms with Crippen molar-refractivity contribution in [2.24, 2.45) is 0 Å². The maximum atomic E-state index is 12.9. The molecular formula is C20H15ClF3NO4. The van der Waals surface area contributed by atoms with Gasteiger partial charge in [0, 0.05) is 0 Å². The lowest BCUT2D eigenvalue weighted by molar-refractivity contribution is -0.137. The minimum absolute atomic E-state index is 0.0164. The molecule has 1 aromatic heterocycles. The van der Waals surface area contributed by atoms with Gasteiger partial charge < -0.3 is 14.8 Å². The number of anilines is 1. The lowest BCUT2D eigenvalue weighted by Gasteiger charge is -2.13. The number of nitrogens with one attached hydrogen (secondary N) is 1. The zero-order valence-electron chi connectivity index (χ0n) is 15.3. The molecule has 0 saturated carbocycles. The third-order valence-electron chi connectivity index (χ3n) is 4.41. The van der Waals surface area contributed by atoms with Gasteiger partial charge in [-0.15, -0.1) is 0 Å². The third-order valence-corrected chi connectivity index (χ3v) is 4.74. The highest BCUT2D eigenvalue weighted by molar-refractivity contribution is 6.33. The van der Waals surface area contributed by atoms with Gasteiger partial charge >= 0.3 is 11.8 Å². The number of phenolic OH excluding ortho intramolecular Hbond substituents is 1. The van der Waals surface area contributed by atoms with Gasteiger partial charge in [0.2, 0.25) is 5.91 Å². The summed E-state index contributed by atoms with van der Waals surface area (Å²) in [4.78, 5) is 24.7. The van der Waals surface area contributed by atoms with Crippen molar-refractivity contribution < 1.29 is 27.5 Å². The number of aryl methyl sites for hydroxylation is 2. The number of halogens is 4. The van der Waals surface area contributed by atoms with Crippen LogP contribution in [-0.2, 0) is 17.4 Å². The Kier molecular flexibility index (Phi) is 5.32. The van der Waals surface area contributed by atoms with Gasteiger partial charge in [-0.1, -0.05) is 11.6 Å². The molecule has 9 heteroatoms. The van der Waals surface area contributed by atoms with Gasteiger partial charge in [0.05, 0.1) is 33.6 Å². The van der Waals surface area contributed by atoms with Crippen LogP contribution in [0.15, 0.2) is 39.5 Å². The molecular weight excluding hydrogens is 411 g/mol. The molecule has 0 atom stereocenters. The first-order valence-electron chi connectivity index (χ1n) is 8.40. The molecule has 0 bridgehead atoms. The molecule has 5 nitrogen and oxygen atoms in total. The van der Waals surface area contributed by atoms with Gasteiger partial charge in [0.15, 0.2) is 0 Å². The van der Waals surface area contributed by atoms with E-state index in [4.69, 9.17) is 16.0 Å². The van der Waals surface area contributed by atoms with Crippen LogP contribution in [0.3, 0.4) is 0 Å². The summed E-state index contributed by atoms with van der Waals surface area (Å²) in [7, 11) is 0. The second kappa shape index (κ2) is 7.44. The number of phenols is 1. The summed E-state index contributed by atoms with van der Waals surface area (Å²) in [6, 6.07) is 5.60. The van der Waals surface area contributed by atoms with Gasteiger partial charge in [-0.2, -0.15) is 13.2 Å². The van der Waals surface area contributed by atoms with Crippen molar-refractivity contribution in [1.82, 2.24) is 0 Å². The summed E-state index contributed by atoms with van der Waals surface area (Å²) in [5.74, 6) is -0.864. The van der Waals surface area contributed by atoms with Crippen LogP contribution in [0.4, 0.5) is 18.9 Å². The molecule has 2 aromatic carbocycles. The molecule has 3 aromatic rings. The van der Waals surface area contributed by atoms with Crippen molar-refractivity contribution >= 4 is 34.2 Å². The van der Waals surface area contributed by atoms with Crippen molar-refractivity contribution in [3.8, 4) is 5.75 Å². The number of amides is 1. The number of fused-ring (bicyclic) bond motifs is 1. The summed E-state index contributed by atoms with van der Waals surface area (Å²) in [6.07, 6.45) is -5.07. The topological polar surface area (TPSA) is 79.5 Å². The lowest BCUT2D eigenvalue weighted by atomic mass is 10.0. The minimum Gasteiger partial charge on any atom is -0.507 e. The zero-order chi connectivity index (χ0) is 21.5. The van der Waals surface area contributed by atoms with E-state index in [9.17, 15) is 27.9 Å². The molecule has 0 radical (unpaired) electrons. The predicted octanol–water partition coefficient (Wildman–Crippen LogP) is 4.97. The molecule has 1 amide bonds. The Bertz CT molecular complexity index is 1190. The fraction of sp³-hybridized carbons (Fsp3) is 0.200. The Morgan fingerprint density at radius 1 is 1.21 bits per heavy atom. The average Bonchev–Trinajstić information content (AvgIpc) is 2.58. The molecule has 1 heterocycles.